The van der Waals surface area contributed by atoms with Gasteiger partial charge < -0.3 is 12.6 Å². The monoisotopic (exact) mass is 273 g/mol. The summed E-state index contributed by atoms with van der Waals surface area (Å²) in [5.74, 6) is 0. The van der Waals surface area contributed by atoms with Crippen LogP contribution in [0.3, 0.4) is 0 Å². The van der Waals surface area contributed by atoms with Crippen molar-refractivity contribution in [2.24, 2.45) is 0 Å². The highest BCUT2D eigenvalue weighted by molar-refractivity contribution is 8.24. The Bertz CT molecular complexity index is 372. The lowest BCUT2D eigenvalue weighted by Gasteiger charge is -2.11. The number of hydrogen-bond acceptors (Lipinski definition) is 4. The van der Waals surface area contributed by atoms with Crippen LogP contribution in [0.5, 0.6) is 0 Å². The molecule has 1 heterocycles. The van der Waals surface area contributed by atoms with Gasteiger partial charge in [0, 0.05) is 12.1 Å². The Morgan fingerprint density at radius 3 is 2.20 bits per heavy atom. The third-order valence-corrected chi connectivity index (χ3v) is 4.25. The molecule has 0 radical (unpaired) electrons. The molecule has 0 atom stereocenters. The number of thiocarbonyl (C=S) groups is 1. The summed E-state index contributed by atoms with van der Waals surface area (Å²) in [5, 5.41) is 0. The summed E-state index contributed by atoms with van der Waals surface area (Å²) in [7, 11) is 0. The van der Waals surface area contributed by atoms with Crippen molar-refractivity contribution in [2.45, 2.75) is 0 Å². The van der Waals surface area contributed by atoms with Gasteiger partial charge in [-0.1, -0.05) is 22.5 Å². The van der Waals surface area contributed by atoms with Gasteiger partial charge in [-0.15, -0.1) is 11.8 Å². The van der Waals surface area contributed by atoms with E-state index in [0.29, 0.717) is 0 Å². The van der Waals surface area contributed by atoms with Crippen LogP contribution in [0, 0.1) is 0 Å². The number of rotatable bonds is 3. The Labute approximate surface area is 110 Å². The van der Waals surface area contributed by atoms with E-state index in [0.717, 1.165) is 14.1 Å². The second kappa shape index (κ2) is 6.48. The third kappa shape index (κ3) is 3.45. The minimum atomic E-state index is 0.825. The van der Waals surface area contributed by atoms with Crippen molar-refractivity contribution >= 4 is 58.3 Å². The smallest absolute Gasteiger partial charge is 0.222 e. The van der Waals surface area contributed by atoms with E-state index in [9.17, 15) is 0 Å². The fourth-order valence-corrected chi connectivity index (χ4v) is 2.51. The summed E-state index contributed by atoms with van der Waals surface area (Å²) in [5.41, 5.74) is 0.931. The van der Waals surface area contributed by atoms with Crippen LogP contribution in [0.4, 0.5) is 0 Å². The van der Waals surface area contributed by atoms with E-state index in [2.05, 4.69) is 0 Å². The highest BCUT2D eigenvalue weighted by Crippen LogP contribution is 2.20. The number of thioether (sulfide) groups is 2. The molecule has 0 spiro atoms. The topological polar surface area (TPSA) is 3.88 Å². The van der Waals surface area contributed by atoms with Crippen molar-refractivity contribution < 1.29 is 4.57 Å². The average molecular weight is 273 g/mol. The van der Waals surface area contributed by atoms with Gasteiger partial charge in [-0.2, -0.15) is 16.3 Å². The molecule has 0 saturated heterocycles. The summed E-state index contributed by atoms with van der Waals surface area (Å²) in [6, 6.07) is 5.90. The molecule has 1 nitrogen and oxygen atoms in total. The van der Waals surface area contributed by atoms with Crippen molar-refractivity contribution in [1.82, 2.24) is 0 Å². The molecule has 0 fully saturated rings. The lowest BCUT2D eigenvalue weighted by atomic mass is 10.4. The van der Waals surface area contributed by atoms with Gasteiger partial charge in [0.15, 0.2) is 12.4 Å². The van der Waals surface area contributed by atoms with E-state index in [1.54, 1.807) is 23.5 Å². The SMILES string of the molecule is CSC(=S)/C(=C(/[S-])SC)[n+]1ccccc1. The van der Waals surface area contributed by atoms with Crippen molar-refractivity contribution in [1.29, 1.82) is 0 Å². The maximum Gasteiger partial charge on any atom is 0.222 e. The Morgan fingerprint density at radius 1 is 1.13 bits per heavy atom. The molecule has 0 amide bonds. The van der Waals surface area contributed by atoms with Crippen LogP contribution in [0.15, 0.2) is 34.8 Å². The second-order valence-electron chi connectivity index (χ2n) is 2.61. The summed E-state index contributed by atoms with van der Waals surface area (Å²) in [4.78, 5) is 0. The molecule has 15 heavy (non-hydrogen) atoms. The first-order valence-electron chi connectivity index (χ1n) is 4.21. The van der Waals surface area contributed by atoms with E-state index in [-0.39, 0.29) is 0 Å². The number of nitrogens with zero attached hydrogens (tertiary/aromatic N) is 1. The minimum absolute atomic E-state index is 0.825. The zero-order valence-corrected chi connectivity index (χ0v) is 11.7. The van der Waals surface area contributed by atoms with Crippen LogP contribution in [0.25, 0.3) is 5.70 Å². The molecule has 0 N–H and O–H groups in total. The van der Waals surface area contributed by atoms with Gasteiger partial charge >= 0.3 is 0 Å². The third-order valence-electron chi connectivity index (χ3n) is 1.73. The van der Waals surface area contributed by atoms with Crippen molar-refractivity contribution in [3.05, 3.63) is 34.8 Å². The molecule has 0 aliphatic rings. The molecule has 0 unspecified atom stereocenters. The molecule has 1 rings (SSSR count). The first kappa shape index (κ1) is 13.0. The highest BCUT2D eigenvalue weighted by Gasteiger charge is 2.14. The molecule has 1 aromatic rings. The van der Waals surface area contributed by atoms with E-state index in [1.807, 2.05) is 47.7 Å². The van der Waals surface area contributed by atoms with Gasteiger partial charge in [0.25, 0.3) is 0 Å². The molecule has 80 valence electrons. The van der Waals surface area contributed by atoms with Crippen LogP contribution in [-0.2, 0) is 12.6 Å². The van der Waals surface area contributed by atoms with Gasteiger partial charge in [0.2, 0.25) is 5.70 Å². The summed E-state index contributed by atoms with van der Waals surface area (Å²) >= 11 is 13.7. The summed E-state index contributed by atoms with van der Waals surface area (Å²) in [6.45, 7) is 0. The molecule has 0 aromatic carbocycles. The van der Waals surface area contributed by atoms with Gasteiger partial charge in [0.05, 0.1) is 0 Å². The van der Waals surface area contributed by atoms with E-state index in [4.69, 9.17) is 24.8 Å². The minimum Gasteiger partial charge on any atom is -0.767 e. The Balaban J connectivity index is 3.20. The zero-order chi connectivity index (χ0) is 11.3. The predicted octanol–water partition coefficient (Wildman–Crippen LogP) is 2.70. The van der Waals surface area contributed by atoms with E-state index < -0.39 is 0 Å². The second-order valence-corrected chi connectivity index (χ2v) is 5.58. The quantitative estimate of drug-likeness (QED) is 0.360. The summed E-state index contributed by atoms with van der Waals surface area (Å²) < 4.78 is 3.62. The molecule has 0 bridgehead atoms. The van der Waals surface area contributed by atoms with Crippen LogP contribution >= 0.6 is 35.7 Å². The molecule has 0 saturated carbocycles. The zero-order valence-electron chi connectivity index (χ0n) is 8.47. The van der Waals surface area contributed by atoms with Crippen LogP contribution in [0.2, 0.25) is 0 Å². The van der Waals surface area contributed by atoms with Crippen LogP contribution < -0.4 is 4.57 Å². The first-order chi connectivity index (χ1) is 7.20. The van der Waals surface area contributed by atoms with E-state index in [1.165, 1.54) is 0 Å². The average Bonchev–Trinajstić information content (AvgIpc) is 2.30. The Kier molecular flexibility index (Phi) is 5.60. The van der Waals surface area contributed by atoms with E-state index >= 15 is 0 Å². The number of hydrogen-bond donors (Lipinski definition) is 0. The molecular weight excluding hydrogens is 262 g/mol. The lowest BCUT2D eigenvalue weighted by molar-refractivity contribution is -0.575. The van der Waals surface area contributed by atoms with Gasteiger partial charge in [-0.05, 0) is 12.5 Å². The number of aromatic nitrogens is 1. The van der Waals surface area contributed by atoms with Crippen molar-refractivity contribution in [3.63, 3.8) is 0 Å². The fraction of sp³-hybridized carbons (Fsp3) is 0.200. The van der Waals surface area contributed by atoms with Crippen LogP contribution in [-0.4, -0.2) is 16.7 Å². The summed E-state index contributed by atoms with van der Waals surface area (Å²) in [6.07, 6.45) is 7.85. The lowest BCUT2D eigenvalue weighted by Crippen LogP contribution is -2.34. The van der Waals surface area contributed by atoms with Gasteiger partial charge in [0.1, 0.15) is 4.20 Å². The molecule has 0 aliphatic heterocycles. The maximum atomic E-state index is 5.31. The van der Waals surface area contributed by atoms with Crippen LogP contribution in [0.1, 0.15) is 0 Å². The molecule has 5 heteroatoms. The molecule has 0 aliphatic carbocycles. The fourth-order valence-electron chi connectivity index (χ4n) is 1.04. The standard InChI is InChI=1S/C10H11NS4/c1-14-9(12)8(10(13)15-2)11-6-4-3-5-7-11/h3-7H,1-2H3. The van der Waals surface area contributed by atoms with Crippen molar-refractivity contribution in [3.8, 4) is 0 Å². The number of pyridine rings is 1. The molecular formula is C10H11NS4. The van der Waals surface area contributed by atoms with Gasteiger partial charge in [-0.25, -0.2) is 0 Å². The highest BCUT2D eigenvalue weighted by atomic mass is 32.2. The normalized spacial score (nSPS) is 12.1. The van der Waals surface area contributed by atoms with Crippen molar-refractivity contribution in [2.75, 3.05) is 12.5 Å². The molecule has 1 aromatic heterocycles. The first-order valence-corrected chi connectivity index (χ1v) is 7.47. The Morgan fingerprint density at radius 2 is 1.73 bits per heavy atom. The largest absolute Gasteiger partial charge is 0.767 e. The predicted molar refractivity (Wildman–Crippen MR) is 76.8 cm³/mol. The Hall–Kier alpha value is -0.100. The van der Waals surface area contributed by atoms with Gasteiger partial charge in [-0.3, -0.25) is 0 Å². The maximum absolute atomic E-state index is 5.31.